The monoisotopic (exact) mass is 137 g/mol. The van der Waals surface area contributed by atoms with Crippen LogP contribution in [0.2, 0.25) is 0 Å². The normalized spacial score (nSPS) is 17.0. The lowest BCUT2D eigenvalue weighted by atomic mass is 10.1. The molecule has 2 rings (SSSR count). The summed E-state index contributed by atoms with van der Waals surface area (Å²) in [5, 5.41) is 2.97. The Morgan fingerprint density at radius 3 is 3.20 bits per heavy atom. The number of nitrogens with one attached hydrogen (secondary N) is 1. The van der Waals surface area contributed by atoms with Crippen molar-refractivity contribution >= 4 is 5.78 Å². The van der Waals surface area contributed by atoms with Crippen LogP contribution in [0.25, 0.3) is 0 Å². The van der Waals surface area contributed by atoms with Crippen LogP contribution in [-0.2, 0) is 6.54 Å². The molecular weight excluding hydrogens is 130 g/mol. The second-order valence-corrected chi connectivity index (χ2v) is 2.30. The van der Waals surface area contributed by atoms with E-state index in [9.17, 15) is 4.79 Å². The highest BCUT2D eigenvalue weighted by molar-refractivity contribution is 5.97. The fraction of sp³-hybridized carbons (Fsp3) is 0.286. The van der Waals surface area contributed by atoms with Gasteiger partial charge in [0, 0.05) is 12.1 Å². The molecule has 0 fully saturated rings. The standard InChI is InChI=1S/C7H7NO2/c9-6-4-8-3-5-1-2-10-7(5)6/h1-2,8H,3-4H2. The molecule has 0 saturated heterocycles. The third-order valence-electron chi connectivity index (χ3n) is 1.60. The van der Waals surface area contributed by atoms with Gasteiger partial charge in [-0.05, 0) is 6.07 Å². The summed E-state index contributed by atoms with van der Waals surface area (Å²) in [5.74, 6) is 0.574. The molecule has 52 valence electrons. The molecule has 1 aromatic heterocycles. The Morgan fingerprint density at radius 2 is 2.40 bits per heavy atom. The Morgan fingerprint density at radius 1 is 1.50 bits per heavy atom. The van der Waals surface area contributed by atoms with Crippen LogP contribution in [0, 0.1) is 0 Å². The second kappa shape index (κ2) is 1.95. The summed E-state index contributed by atoms with van der Waals surface area (Å²) in [5.41, 5.74) is 0.969. The minimum absolute atomic E-state index is 0.0475. The molecule has 2 heterocycles. The van der Waals surface area contributed by atoms with Gasteiger partial charge in [0.2, 0.25) is 5.78 Å². The molecule has 0 spiro atoms. The van der Waals surface area contributed by atoms with Gasteiger partial charge in [-0.3, -0.25) is 4.79 Å². The maximum Gasteiger partial charge on any atom is 0.212 e. The van der Waals surface area contributed by atoms with Crippen molar-refractivity contribution in [3.8, 4) is 0 Å². The van der Waals surface area contributed by atoms with Gasteiger partial charge in [-0.2, -0.15) is 0 Å². The highest BCUT2D eigenvalue weighted by Gasteiger charge is 2.18. The summed E-state index contributed by atoms with van der Waals surface area (Å²) >= 11 is 0. The molecule has 1 N–H and O–H groups in total. The third kappa shape index (κ3) is 0.675. The first-order valence-electron chi connectivity index (χ1n) is 3.18. The fourth-order valence-electron chi connectivity index (χ4n) is 1.11. The Balaban J connectivity index is 2.50. The Kier molecular flexibility index (Phi) is 1.11. The zero-order valence-corrected chi connectivity index (χ0v) is 5.39. The first-order valence-corrected chi connectivity index (χ1v) is 3.18. The van der Waals surface area contributed by atoms with Gasteiger partial charge in [-0.15, -0.1) is 0 Å². The predicted molar refractivity (Wildman–Crippen MR) is 34.7 cm³/mol. The van der Waals surface area contributed by atoms with E-state index >= 15 is 0 Å². The van der Waals surface area contributed by atoms with Crippen molar-refractivity contribution in [2.24, 2.45) is 0 Å². The summed E-state index contributed by atoms with van der Waals surface area (Å²) in [6, 6.07) is 1.82. The van der Waals surface area contributed by atoms with Gasteiger partial charge >= 0.3 is 0 Å². The third-order valence-corrected chi connectivity index (χ3v) is 1.60. The van der Waals surface area contributed by atoms with Crippen LogP contribution in [0.15, 0.2) is 16.7 Å². The number of hydrogen-bond acceptors (Lipinski definition) is 3. The molecule has 3 heteroatoms. The van der Waals surface area contributed by atoms with E-state index in [1.54, 1.807) is 6.26 Å². The maximum atomic E-state index is 11.0. The van der Waals surface area contributed by atoms with Crippen molar-refractivity contribution in [2.45, 2.75) is 6.54 Å². The van der Waals surface area contributed by atoms with Gasteiger partial charge < -0.3 is 9.73 Å². The summed E-state index contributed by atoms with van der Waals surface area (Å²) in [6.07, 6.45) is 1.55. The molecule has 10 heavy (non-hydrogen) atoms. The van der Waals surface area contributed by atoms with Crippen LogP contribution in [0.4, 0.5) is 0 Å². The number of Topliss-reactive ketones (excluding diaryl/α,β-unsaturated/α-hetero) is 1. The topological polar surface area (TPSA) is 42.2 Å². The number of ketones is 1. The van der Waals surface area contributed by atoms with Crippen LogP contribution in [0.3, 0.4) is 0 Å². The van der Waals surface area contributed by atoms with Crippen LogP contribution >= 0.6 is 0 Å². The average molecular weight is 137 g/mol. The van der Waals surface area contributed by atoms with Gasteiger partial charge in [-0.25, -0.2) is 0 Å². The lowest BCUT2D eigenvalue weighted by molar-refractivity contribution is 0.0954. The van der Waals surface area contributed by atoms with Crippen LogP contribution in [0.5, 0.6) is 0 Å². The number of hydrogen-bond donors (Lipinski definition) is 1. The van der Waals surface area contributed by atoms with E-state index in [0.717, 1.165) is 12.1 Å². The molecule has 1 aromatic rings. The van der Waals surface area contributed by atoms with E-state index in [1.807, 2.05) is 6.07 Å². The smallest absolute Gasteiger partial charge is 0.212 e. The van der Waals surface area contributed by atoms with Gasteiger partial charge in [0.15, 0.2) is 5.76 Å². The minimum atomic E-state index is 0.0475. The van der Waals surface area contributed by atoms with Gasteiger partial charge in [-0.1, -0.05) is 0 Å². The molecule has 0 radical (unpaired) electrons. The second-order valence-electron chi connectivity index (χ2n) is 2.30. The number of carbonyl (C=O) groups is 1. The molecule has 1 aliphatic heterocycles. The fourth-order valence-corrected chi connectivity index (χ4v) is 1.11. The summed E-state index contributed by atoms with van der Waals surface area (Å²) < 4.78 is 4.98. The number of rotatable bonds is 0. The molecule has 0 atom stereocenters. The highest BCUT2D eigenvalue weighted by atomic mass is 16.3. The molecular formula is C7H7NO2. The van der Waals surface area contributed by atoms with Crippen molar-refractivity contribution in [1.82, 2.24) is 5.32 Å². The van der Waals surface area contributed by atoms with E-state index in [4.69, 9.17) is 4.42 Å². The Bertz CT molecular complexity index is 264. The number of fused-ring (bicyclic) bond motifs is 1. The average Bonchev–Trinajstić information content (AvgIpc) is 2.36. The molecule has 3 nitrogen and oxygen atoms in total. The largest absolute Gasteiger partial charge is 0.461 e. The SMILES string of the molecule is O=C1CNCc2ccoc21. The van der Waals surface area contributed by atoms with Gasteiger partial charge in [0.1, 0.15) is 0 Å². The molecule has 1 aliphatic rings. The predicted octanol–water partition coefficient (Wildman–Crippen LogP) is 0.565. The molecule has 0 aromatic carbocycles. The minimum Gasteiger partial charge on any atom is -0.461 e. The van der Waals surface area contributed by atoms with Crippen molar-refractivity contribution in [3.05, 3.63) is 23.7 Å². The lowest BCUT2D eigenvalue weighted by Gasteiger charge is -2.08. The van der Waals surface area contributed by atoms with E-state index in [1.165, 1.54) is 0 Å². The molecule has 0 unspecified atom stereocenters. The quantitative estimate of drug-likeness (QED) is 0.568. The number of furan rings is 1. The maximum absolute atomic E-state index is 11.0. The van der Waals surface area contributed by atoms with Crippen molar-refractivity contribution in [3.63, 3.8) is 0 Å². The van der Waals surface area contributed by atoms with E-state index < -0.39 is 0 Å². The molecule has 0 aliphatic carbocycles. The van der Waals surface area contributed by atoms with Crippen molar-refractivity contribution in [1.29, 1.82) is 0 Å². The number of carbonyl (C=O) groups excluding carboxylic acids is 1. The zero-order chi connectivity index (χ0) is 6.97. The molecule has 0 bridgehead atoms. The molecule has 0 amide bonds. The van der Waals surface area contributed by atoms with Crippen LogP contribution in [-0.4, -0.2) is 12.3 Å². The van der Waals surface area contributed by atoms with Gasteiger partial charge in [0.25, 0.3) is 0 Å². The van der Waals surface area contributed by atoms with E-state index in [2.05, 4.69) is 5.32 Å². The van der Waals surface area contributed by atoms with Gasteiger partial charge in [0.05, 0.1) is 12.8 Å². The van der Waals surface area contributed by atoms with Crippen molar-refractivity contribution in [2.75, 3.05) is 6.54 Å². The Labute approximate surface area is 58.0 Å². The van der Waals surface area contributed by atoms with E-state index in [-0.39, 0.29) is 5.78 Å². The summed E-state index contributed by atoms with van der Waals surface area (Å²) in [6.45, 7) is 1.15. The lowest BCUT2D eigenvalue weighted by Crippen LogP contribution is -2.28. The van der Waals surface area contributed by atoms with Crippen LogP contribution < -0.4 is 5.32 Å². The van der Waals surface area contributed by atoms with Crippen LogP contribution in [0.1, 0.15) is 16.1 Å². The van der Waals surface area contributed by atoms with Crippen molar-refractivity contribution < 1.29 is 9.21 Å². The summed E-state index contributed by atoms with van der Waals surface area (Å²) in [7, 11) is 0. The first-order chi connectivity index (χ1) is 4.88. The zero-order valence-electron chi connectivity index (χ0n) is 5.39. The molecule has 0 saturated carbocycles. The first kappa shape index (κ1) is 5.68. The Hall–Kier alpha value is -1.09. The highest BCUT2D eigenvalue weighted by Crippen LogP contribution is 2.13. The van der Waals surface area contributed by atoms with E-state index in [0.29, 0.717) is 12.3 Å². The summed E-state index contributed by atoms with van der Waals surface area (Å²) in [4.78, 5) is 11.0.